The summed E-state index contributed by atoms with van der Waals surface area (Å²) in [5.41, 5.74) is 2.22. The molecule has 1 rings (SSSR count). The molecule has 1 aliphatic rings. The van der Waals surface area contributed by atoms with Gasteiger partial charge in [-0.3, -0.25) is 4.79 Å². The summed E-state index contributed by atoms with van der Waals surface area (Å²) in [7, 11) is 0. The normalized spacial score (nSPS) is 23.0. The van der Waals surface area contributed by atoms with E-state index in [4.69, 9.17) is 5.11 Å². The van der Waals surface area contributed by atoms with E-state index in [9.17, 15) is 4.79 Å². The lowest BCUT2D eigenvalue weighted by Crippen LogP contribution is -2.03. The van der Waals surface area contributed by atoms with E-state index in [0.717, 1.165) is 12.0 Å². The summed E-state index contributed by atoms with van der Waals surface area (Å²) in [5, 5.41) is 8.57. The Morgan fingerprint density at radius 3 is 2.92 bits per heavy atom. The summed E-state index contributed by atoms with van der Waals surface area (Å²) in [6.45, 7) is 4.16. The van der Waals surface area contributed by atoms with Crippen LogP contribution in [0.25, 0.3) is 0 Å². The van der Waals surface area contributed by atoms with Gasteiger partial charge in [0.2, 0.25) is 0 Å². The Balaban J connectivity index is 2.69. The maximum absolute atomic E-state index is 10.4. The largest absolute Gasteiger partial charge is 0.481 e. The van der Waals surface area contributed by atoms with Crippen molar-refractivity contribution >= 4 is 5.97 Å². The average molecular weight is 166 g/mol. The van der Waals surface area contributed by atoms with Crippen LogP contribution in [0, 0.1) is 5.92 Å². The van der Waals surface area contributed by atoms with E-state index in [1.54, 1.807) is 0 Å². The smallest absolute Gasteiger partial charge is 0.307 e. The van der Waals surface area contributed by atoms with E-state index >= 15 is 0 Å². The minimum atomic E-state index is -0.751. The first-order chi connectivity index (χ1) is 5.58. The summed E-state index contributed by atoms with van der Waals surface area (Å²) >= 11 is 0. The van der Waals surface area contributed by atoms with E-state index in [0.29, 0.717) is 5.92 Å². The summed E-state index contributed by atoms with van der Waals surface area (Å²) < 4.78 is 0. The van der Waals surface area contributed by atoms with Crippen LogP contribution in [0.3, 0.4) is 0 Å². The lowest BCUT2D eigenvalue weighted by Gasteiger charge is -2.14. The molecule has 12 heavy (non-hydrogen) atoms. The van der Waals surface area contributed by atoms with Crippen LogP contribution in [0.5, 0.6) is 0 Å². The van der Waals surface area contributed by atoms with Gasteiger partial charge >= 0.3 is 5.97 Å². The Bertz CT molecular complexity index is 249. The summed E-state index contributed by atoms with van der Waals surface area (Å²) in [5.74, 6) is -0.260. The Kier molecular flexibility index (Phi) is 2.69. The molecule has 0 saturated heterocycles. The van der Waals surface area contributed by atoms with Crippen LogP contribution < -0.4 is 0 Å². The molecular weight excluding hydrogens is 152 g/mol. The maximum Gasteiger partial charge on any atom is 0.307 e. The van der Waals surface area contributed by atoms with Crippen molar-refractivity contribution in [3.8, 4) is 0 Å². The molecule has 1 atom stereocenters. The lowest BCUT2D eigenvalue weighted by atomic mass is 9.91. The lowest BCUT2D eigenvalue weighted by molar-refractivity contribution is -0.136. The number of allylic oxidation sites excluding steroid dienone is 3. The van der Waals surface area contributed by atoms with Gasteiger partial charge in [0, 0.05) is 0 Å². The van der Waals surface area contributed by atoms with Crippen molar-refractivity contribution in [2.75, 3.05) is 0 Å². The van der Waals surface area contributed by atoms with Crippen LogP contribution >= 0.6 is 0 Å². The summed E-state index contributed by atoms with van der Waals surface area (Å²) in [6, 6.07) is 0. The zero-order chi connectivity index (χ0) is 9.14. The van der Waals surface area contributed by atoms with Gasteiger partial charge < -0.3 is 5.11 Å². The molecule has 66 valence electrons. The SMILES string of the molecule is CC1=CC(CC(=O)O)=CC(C)C1. The third-order valence-electron chi connectivity index (χ3n) is 1.93. The zero-order valence-electron chi connectivity index (χ0n) is 7.50. The summed E-state index contributed by atoms with van der Waals surface area (Å²) in [4.78, 5) is 10.4. The highest BCUT2D eigenvalue weighted by Gasteiger charge is 2.10. The topological polar surface area (TPSA) is 37.3 Å². The fraction of sp³-hybridized carbons (Fsp3) is 0.500. The average Bonchev–Trinajstić information content (AvgIpc) is 1.81. The van der Waals surface area contributed by atoms with Gasteiger partial charge in [-0.1, -0.05) is 24.6 Å². The number of carboxylic acids is 1. The quantitative estimate of drug-likeness (QED) is 0.683. The predicted molar refractivity (Wildman–Crippen MR) is 47.9 cm³/mol. The third-order valence-corrected chi connectivity index (χ3v) is 1.93. The first-order valence-corrected chi connectivity index (χ1v) is 4.17. The molecule has 0 spiro atoms. The van der Waals surface area contributed by atoms with Crippen LogP contribution in [-0.2, 0) is 4.79 Å². The molecule has 1 aliphatic carbocycles. The minimum Gasteiger partial charge on any atom is -0.481 e. The molecule has 0 amide bonds. The Hall–Kier alpha value is -1.05. The summed E-state index contributed by atoms with van der Waals surface area (Å²) in [6.07, 6.45) is 5.24. The van der Waals surface area contributed by atoms with Gasteiger partial charge in [-0.25, -0.2) is 0 Å². The molecule has 1 unspecified atom stereocenters. The molecule has 2 nitrogen and oxygen atoms in total. The van der Waals surface area contributed by atoms with Crippen LogP contribution in [0.15, 0.2) is 23.3 Å². The maximum atomic E-state index is 10.4. The van der Waals surface area contributed by atoms with E-state index in [-0.39, 0.29) is 6.42 Å². The number of rotatable bonds is 2. The molecular formula is C10H14O2. The highest BCUT2D eigenvalue weighted by atomic mass is 16.4. The molecule has 0 radical (unpaired) electrons. The Morgan fingerprint density at radius 2 is 2.42 bits per heavy atom. The van der Waals surface area contributed by atoms with Crippen LogP contribution in [0.4, 0.5) is 0 Å². The fourth-order valence-corrected chi connectivity index (χ4v) is 1.64. The number of hydrogen-bond acceptors (Lipinski definition) is 1. The van der Waals surface area contributed by atoms with Crippen molar-refractivity contribution in [1.29, 1.82) is 0 Å². The highest BCUT2D eigenvalue weighted by molar-refractivity contribution is 5.71. The van der Waals surface area contributed by atoms with E-state index in [1.807, 2.05) is 19.1 Å². The number of carbonyl (C=O) groups is 1. The number of aliphatic carboxylic acids is 1. The van der Waals surface area contributed by atoms with Gasteiger partial charge in [0.25, 0.3) is 0 Å². The van der Waals surface area contributed by atoms with E-state index in [1.165, 1.54) is 5.57 Å². The molecule has 0 bridgehead atoms. The van der Waals surface area contributed by atoms with Gasteiger partial charge in [0.15, 0.2) is 0 Å². The van der Waals surface area contributed by atoms with Crippen LogP contribution in [0.2, 0.25) is 0 Å². The molecule has 0 aliphatic heterocycles. The Labute approximate surface area is 72.6 Å². The van der Waals surface area contributed by atoms with Crippen molar-refractivity contribution < 1.29 is 9.90 Å². The van der Waals surface area contributed by atoms with Gasteiger partial charge in [-0.15, -0.1) is 0 Å². The molecule has 0 heterocycles. The van der Waals surface area contributed by atoms with Crippen molar-refractivity contribution in [1.82, 2.24) is 0 Å². The van der Waals surface area contributed by atoms with Gasteiger partial charge in [-0.05, 0) is 24.8 Å². The van der Waals surface area contributed by atoms with Gasteiger partial charge in [-0.2, -0.15) is 0 Å². The second-order valence-corrected chi connectivity index (χ2v) is 3.48. The Morgan fingerprint density at radius 1 is 1.75 bits per heavy atom. The third kappa shape index (κ3) is 2.53. The number of carboxylic acid groups (broad SMARTS) is 1. The van der Waals surface area contributed by atoms with Crippen LogP contribution in [0.1, 0.15) is 26.7 Å². The molecule has 0 fully saturated rings. The van der Waals surface area contributed by atoms with Crippen LogP contribution in [-0.4, -0.2) is 11.1 Å². The first-order valence-electron chi connectivity index (χ1n) is 4.17. The highest BCUT2D eigenvalue weighted by Crippen LogP contribution is 2.23. The second kappa shape index (κ2) is 3.57. The van der Waals surface area contributed by atoms with Crippen molar-refractivity contribution in [2.45, 2.75) is 26.7 Å². The van der Waals surface area contributed by atoms with E-state index < -0.39 is 5.97 Å². The fourth-order valence-electron chi connectivity index (χ4n) is 1.64. The number of hydrogen-bond donors (Lipinski definition) is 1. The predicted octanol–water partition coefficient (Wildman–Crippen LogP) is 2.37. The monoisotopic (exact) mass is 166 g/mol. The van der Waals surface area contributed by atoms with E-state index in [2.05, 4.69) is 6.92 Å². The standard InChI is InChI=1S/C10H14O2/c1-7-3-8(2)5-9(4-7)6-10(11)12/h4-5,7H,3,6H2,1-2H3,(H,11,12). The molecule has 0 aromatic rings. The first kappa shape index (κ1) is 9.04. The molecule has 0 saturated carbocycles. The van der Waals surface area contributed by atoms with Gasteiger partial charge in [0.05, 0.1) is 6.42 Å². The van der Waals surface area contributed by atoms with Gasteiger partial charge in [0.1, 0.15) is 0 Å². The van der Waals surface area contributed by atoms with Crippen molar-refractivity contribution in [3.05, 3.63) is 23.3 Å². The molecule has 2 heteroatoms. The van der Waals surface area contributed by atoms with Crippen molar-refractivity contribution in [2.24, 2.45) is 5.92 Å². The molecule has 1 N–H and O–H groups in total. The zero-order valence-corrected chi connectivity index (χ0v) is 7.50. The van der Waals surface area contributed by atoms with Crippen molar-refractivity contribution in [3.63, 3.8) is 0 Å². The second-order valence-electron chi connectivity index (χ2n) is 3.48. The molecule has 0 aromatic carbocycles. The minimum absolute atomic E-state index is 0.154. The molecule has 0 aromatic heterocycles.